The van der Waals surface area contributed by atoms with E-state index in [0.29, 0.717) is 16.5 Å². The van der Waals surface area contributed by atoms with Gasteiger partial charge in [0.1, 0.15) is 118 Å². The molecule has 48 heteroatoms. The van der Waals surface area contributed by atoms with Crippen molar-refractivity contribution in [1.82, 2.24) is 58.0 Å². The van der Waals surface area contributed by atoms with Crippen LogP contribution in [0.1, 0.15) is 36.8 Å². The van der Waals surface area contributed by atoms with Gasteiger partial charge in [-0.25, -0.2) is 55.3 Å². The van der Waals surface area contributed by atoms with E-state index in [-0.39, 0.29) is 23.4 Å². The van der Waals surface area contributed by atoms with Gasteiger partial charge in [0.15, 0.2) is 67.1 Å². The van der Waals surface area contributed by atoms with Crippen molar-refractivity contribution in [2.75, 3.05) is 95.1 Å². The topological polar surface area (TPSA) is 579 Å². The minimum absolute atomic E-state index is 0.00326. The fraction of sp³-hybridized carbons (Fsp3) is 0.525. The molecule has 5 fully saturated rings. The van der Waals surface area contributed by atoms with E-state index >= 15 is 0 Å². The van der Waals surface area contributed by atoms with Crippen LogP contribution in [0, 0.1) is 71.9 Å². The zero-order valence-electron chi connectivity index (χ0n) is 54.7. The number of hydrogen-bond donors (Lipinski definition) is 15. The lowest BCUT2D eigenvalue weighted by Gasteiger charge is -2.26. The molecule has 10 heterocycles. The Hall–Kier alpha value is -8.51. The van der Waals surface area contributed by atoms with Crippen molar-refractivity contribution in [3.8, 4) is 59.2 Å². The van der Waals surface area contributed by atoms with Gasteiger partial charge in [-0.2, -0.15) is 34.7 Å². The Kier molecular flexibility index (Phi) is 30.7. The van der Waals surface area contributed by atoms with Crippen LogP contribution < -0.4 is 57.1 Å². The van der Waals surface area contributed by atoms with Crippen LogP contribution in [0.5, 0.6) is 0 Å². The molecule has 0 amide bonds. The third-order valence-corrected chi connectivity index (χ3v) is 18.0. The fourth-order valence-corrected chi connectivity index (χ4v) is 12.3. The molecule has 20 atom stereocenters. The Morgan fingerprint density at radius 2 is 0.813 bits per heavy atom. The lowest BCUT2D eigenvalue weighted by atomic mass is 9.99. The van der Waals surface area contributed by atoms with Crippen LogP contribution in [0.2, 0.25) is 0 Å². The maximum atomic E-state index is 13.5. The maximum absolute atomic E-state index is 13.5. The number of rotatable bonds is 10. The van der Waals surface area contributed by atoms with Gasteiger partial charge >= 0.3 is 28.4 Å². The molecule has 107 heavy (non-hydrogen) atoms. The molecule has 20 N–H and O–H groups in total. The van der Waals surface area contributed by atoms with E-state index in [0.717, 1.165) is 30.9 Å². The van der Waals surface area contributed by atoms with Crippen LogP contribution in [0.15, 0.2) is 61.0 Å². The summed E-state index contributed by atoms with van der Waals surface area (Å²) in [5.41, 5.74) is 22.8. The van der Waals surface area contributed by atoms with Gasteiger partial charge in [-0.1, -0.05) is 117 Å². The number of alkyl halides is 10. The molecule has 5 aliphatic rings. The lowest BCUT2D eigenvalue weighted by molar-refractivity contribution is -0.0512. The summed E-state index contributed by atoms with van der Waals surface area (Å²) in [6.45, 7) is -6.29. The van der Waals surface area contributed by atoms with E-state index in [1.807, 2.05) is 5.92 Å². The van der Waals surface area contributed by atoms with E-state index in [1.165, 1.54) is 18.3 Å². The molecule has 10 rings (SSSR count). The predicted molar refractivity (Wildman–Crippen MR) is 362 cm³/mol. The molecule has 0 spiro atoms. The Morgan fingerprint density at radius 1 is 0.467 bits per heavy atom. The molecule has 5 saturated heterocycles. The Balaban J connectivity index is 0.000000209. The molecule has 582 valence electrons. The molecule has 5 aromatic heterocycles. The predicted octanol–water partition coefficient (Wildman–Crippen LogP) is -5.63. The smallest absolute Gasteiger partial charge is 0.368 e. The average molecular weight is 1620 g/mol. The van der Waals surface area contributed by atoms with Gasteiger partial charge in [0.2, 0.25) is 5.95 Å². The number of anilines is 5. The second-order valence-electron chi connectivity index (χ2n) is 22.3. The summed E-state index contributed by atoms with van der Waals surface area (Å²) in [6, 6.07) is 2.76. The summed E-state index contributed by atoms with van der Waals surface area (Å²) in [5, 5.41) is 100. The van der Waals surface area contributed by atoms with Crippen molar-refractivity contribution in [1.29, 1.82) is 0 Å². The summed E-state index contributed by atoms with van der Waals surface area (Å²) in [6.07, 6.45) is -15.4. The van der Waals surface area contributed by atoms with Crippen molar-refractivity contribution >= 4 is 87.2 Å². The summed E-state index contributed by atoms with van der Waals surface area (Å²) >= 11 is 31.1. The van der Waals surface area contributed by atoms with E-state index in [4.69, 9.17) is 126 Å². The average Bonchev–Trinajstić information content (AvgIpc) is 1.65. The molecule has 0 bridgehead atoms. The van der Waals surface area contributed by atoms with Gasteiger partial charge in [-0.15, -0.1) is 0 Å². The van der Waals surface area contributed by atoms with Gasteiger partial charge in [-0.3, -0.25) is 18.3 Å². The van der Waals surface area contributed by atoms with E-state index in [1.54, 1.807) is 6.92 Å². The fourth-order valence-electron chi connectivity index (χ4n) is 10.5. The molecule has 37 nitrogen and oxygen atoms in total. The highest BCUT2D eigenvalue weighted by Gasteiger charge is 2.60. The molecular weight excluding hydrogens is 1560 g/mol. The number of aliphatic hydroxyl groups is 10. The number of nitrogen functional groups attached to an aromatic ring is 5. The highest BCUT2D eigenvalue weighted by atomic mass is 35.5. The molecule has 0 saturated carbocycles. The van der Waals surface area contributed by atoms with Crippen molar-refractivity contribution in [3.63, 3.8) is 0 Å². The number of aromatic nitrogens is 12. The third-order valence-electron chi connectivity index (χ3n) is 15.5. The first kappa shape index (κ1) is 87.4. The second kappa shape index (κ2) is 37.5. The van der Waals surface area contributed by atoms with Gasteiger partial charge in [-0.05, 0) is 19.1 Å². The first-order valence-electron chi connectivity index (χ1n) is 30.1. The Morgan fingerprint density at radius 3 is 1.20 bits per heavy atom. The monoisotopic (exact) mass is 1620 g/mol. The highest BCUT2D eigenvalue weighted by Crippen LogP contribution is 2.47. The van der Waals surface area contributed by atoms with Crippen LogP contribution in [-0.2, 0) is 23.7 Å². The van der Waals surface area contributed by atoms with E-state index in [9.17, 15) is 86.1 Å². The van der Waals surface area contributed by atoms with Crippen molar-refractivity contribution in [3.05, 3.63) is 101 Å². The standard InChI is InChI=1S/C13H15ClFN3O4.C12H12ClF2N3O4.C12H13ClFN3O4.2C11H12ClFN4O4/c1-7-5-9(16)17-12(21)18(7)11-13(14,3-2-4-15)10(20)8(6-19)22-11;13-12(2-1-3-14)8(20)7(5-19)22-10(12)18-4-6(15)9(16)17-11(18)21;13-12(3-1-4-14)9(19)7(6-18)21-10(12)17-5-2-8(15)16-11(17)20;12-11(2-1-3-13)8(19)6(5-18)21-9(11)17-10(20)16-7(14)4-15-17;12-11(2-1-3-13)7(19)6(4-18)21-8(11)17-5-15-9(14)16-10(17)20/h5,8,10-11,19-20H,4,6H2,1H3,(H2,16,17,21);4,7-8,10,19-20H,3,5H2,(H2,16,17,21);2,5,7,9-10,18-19H,4,6H2,(H2,15,16,20);4,6,8-9,18-19H,3,5H2,(H2,14,16,20);5-8,18-19H,3-4H2,(H2,14,16,20)/t8-,10+,11-,13?;7-,8+,10-,12?;7-,9+,10-,12?;6-,8+,9-,11?;6-,7+,8-,11?/m11111/s1. The van der Waals surface area contributed by atoms with Crippen LogP contribution in [-0.4, -0.2) is 261 Å². The van der Waals surface area contributed by atoms with Crippen LogP contribution in [0.4, 0.5) is 55.6 Å². The van der Waals surface area contributed by atoms with Crippen LogP contribution in [0.25, 0.3) is 0 Å². The number of ether oxygens (including phenoxy) is 5. The summed E-state index contributed by atoms with van der Waals surface area (Å²) in [4.78, 5) is 71.0. The molecule has 5 unspecified atom stereocenters. The third kappa shape index (κ3) is 18.8. The molecular formula is C59H64Cl5F6N17O20. The number of aliphatic hydroxyl groups excluding tert-OH is 10. The van der Waals surface area contributed by atoms with Gasteiger partial charge in [0, 0.05) is 11.9 Å². The van der Waals surface area contributed by atoms with Crippen molar-refractivity contribution < 1.29 is 101 Å². The molecule has 0 radical (unpaired) electrons. The zero-order chi connectivity index (χ0) is 79.8. The number of halogens is 11. The van der Waals surface area contributed by atoms with Crippen molar-refractivity contribution in [2.45, 2.75) is 123 Å². The van der Waals surface area contributed by atoms with Crippen molar-refractivity contribution in [2.24, 2.45) is 0 Å². The van der Waals surface area contributed by atoms with Gasteiger partial charge in [0.05, 0.1) is 45.4 Å². The zero-order valence-corrected chi connectivity index (χ0v) is 58.4. The second-order valence-corrected chi connectivity index (χ2v) is 25.4. The normalized spacial score (nSPS) is 31.4. The van der Waals surface area contributed by atoms with E-state index < -0.39 is 223 Å². The molecule has 5 aliphatic heterocycles. The first-order chi connectivity index (χ1) is 50.5. The molecule has 5 aromatic rings. The lowest BCUT2D eigenvalue weighted by Crippen LogP contribution is -2.44. The van der Waals surface area contributed by atoms with Gasteiger partial charge < -0.3 is 103 Å². The minimum atomic E-state index is -1.96. The molecule has 0 aliphatic carbocycles. The maximum Gasteiger partial charge on any atom is 0.368 e. The SMILES string of the molecule is Cc1cc(N)nc(=O)n1[C@@H]1O[C@H](CO)[C@H](O)C1(Cl)C#CCF.Nc1ccn([C@@H]2O[C@H](CO)[C@H](O)C2(Cl)C#CCF)c(=O)n1.Nc1cnn([C@@H]2O[C@H](CO)[C@H](O)C2(Cl)C#CCF)c(=O)n1.Nc1nc(=O)n([C@@H]2O[C@H](CO)[C@H](O)C2(Cl)C#CCF)cc1F.Nc1ncn([C@@H]2O[C@H](CO)[C@H](O)C2(Cl)C#CCF)c(=O)n1. The quantitative estimate of drug-likeness (QED) is 0.0352. The summed E-state index contributed by atoms with van der Waals surface area (Å²) in [7, 11) is 0. The molecule has 0 aromatic carbocycles. The number of aryl methyl sites for hydroxylation is 1. The minimum Gasteiger partial charge on any atom is -0.394 e. The summed E-state index contributed by atoms with van der Waals surface area (Å²) < 4.78 is 106. The number of nitrogens with zero attached hydrogens (tertiary/aromatic N) is 12. The van der Waals surface area contributed by atoms with Crippen LogP contribution >= 0.6 is 58.0 Å². The Labute approximate surface area is 622 Å². The number of nitrogens with two attached hydrogens (primary N) is 5. The van der Waals surface area contributed by atoms with E-state index in [2.05, 4.69) is 88.3 Å². The van der Waals surface area contributed by atoms with Gasteiger partial charge in [0.25, 0.3) is 0 Å². The first-order valence-corrected chi connectivity index (χ1v) is 32.0. The van der Waals surface area contributed by atoms with Crippen LogP contribution in [0.3, 0.4) is 0 Å². The Bertz CT molecular complexity index is 4370. The highest BCUT2D eigenvalue weighted by molar-refractivity contribution is 6.28. The summed E-state index contributed by atoms with van der Waals surface area (Å²) in [5.74, 6) is 20.1. The number of hydrogen-bond acceptors (Lipinski definition) is 32. The largest absolute Gasteiger partial charge is 0.394 e.